The lowest BCUT2D eigenvalue weighted by molar-refractivity contribution is -0.137. The van der Waals surface area contributed by atoms with Crippen molar-refractivity contribution in [1.29, 1.82) is 0 Å². The summed E-state index contributed by atoms with van der Waals surface area (Å²) in [5, 5.41) is 0. The Bertz CT molecular complexity index is 345. The number of hydrogen-bond donors (Lipinski definition) is 0. The van der Waals surface area contributed by atoms with Gasteiger partial charge in [-0.25, -0.2) is 4.79 Å². The van der Waals surface area contributed by atoms with Gasteiger partial charge in [0, 0.05) is 12.5 Å². The average molecular weight is 200 g/mol. The van der Waals surface area contributed by atoms with E-state index in [4.69, 9.17) is 0 Å². The molecule has 0 atom stereocenters. The Morgan fingerprint density at radius 2 is 1.79 bits per heavy atom. The highest BCUT2D eigenvalue weighted by atomic mass is 19.4. The molecular formula is C10H7F3O. The second kappa shape index (κ2) is 4.11. The van der Waals surface area contributed by atoms with Gasteiger partial charge in [-0.3, -0.25) is 0 Å². The molecule has 0 amide bonds. The van der Waals surface area contributed by atoms with Crippen LogP contribution in [0.15, 0.2) is 30.3 Å². The smallest absolute Gasteiger partial charge is 0.234 e. The zero-order chi connectivity index (χ0) is 10.6. The van der Waals surface area contributed by atoms with Crippen molar-refractivity contribution in [3.63, 3.8) is 0 Å². The fraction of sp³-hybridized carbons (Fsp3) is 0.200. The molecule has 0 bridgehead atoms. The molecule has 1 aromatic rings. The van der Waals surface area contributed by atoms with Gasteiger partial charge < -0.3 is 0 Å². The van der Waals surface area contributed by atoms with Gasteiger partial charge in [-0.05, 0) is 17.7 Å². The summed E-state index contributed by atoms with van der Waals surface area (Å²) in [5.74, 6) is 1.56. The summed E-state index contributed by atoms with van der Waals surface area (Å²) in [5.41, 5.74) is -0.0299. The highest BCUT2D eigenvalue weighted by molar-refractivity contribution is 5.46. The molecule has 0 aliphatic carbocycles. The first-order valence-electron chi connectivity index (χ1n) is 3.89. The lowest BCUT2D eigenvalue weighted by Crippen LogP contribution is -2.04. The SMILES string of the molecule is O=C=CCc1ccc(C(F)(F)F)cc1. The van der Waals surface area contributed by atoms with E-state index in [1.807, 2.05) is 0 Å². The molecule has 0 N–H and O–H groups in total. The lowest BCUT2D eigenvalue weighted by Gasteiger charge is -2.06. The van der Waals surface area contributed by atoms with Crippen LogP contribution in [0, 0.1) is 0 Å². The molecule has 1 rings (SSSR count). The summed E-state index contributed by atoms with van der Waals surface area (Å²) in [6.45, 7) is 0. The predicted molar refractivity (Wildman–Crippen MR) is 45.4 cm³/mol. The van der Waals surface area contributed by atoms with Crippen molar-refractivity contribution in [3.8, 4) is 0 Å². The molecule has 0 heterocycles. The summed E-state index contributed by atoms with van der Waals surface area (Å²) >= 11 is 0. The third-order valence-electron chi connectivity index (χ3n) is 1.70. The first-order valence-corrected chi connectivity index (χ1v) is 3.89. The number of rotatable bonds is 2. The Labute approximate surface area is 78.9 Å². The Morgan fingerprint density at radius 3 is 2.21 bits per heavy atom. The number of halogens is 3. The van der Waals surface area contributed by atoms with Crippen molar-refractivity contribution in [3.05, 3.63) is 41.5 Å². The van der Waals surface area contributed by atoms with Gasteiger partial charge in [0.2, 0.25) is 0 Å². The third-order valence-corrected chi connectivity index (χ3v) is 1.70. The van der Waals surface area contributed by atoms with Gasteiger partial charge in [-0.2, -0.15) is 13.2 Å². The number of hydrogen-bond acceptors (Lipinski definition) is 1. The molecule has 0 radical (unpaired) electrons. The molecule has 0 saturated heterocycles. The van der Waals surface area contributed by atoms with Crippen LogP contribution < -0.4 is 0 Å². The van der Waals surface area contributed by atoms with Gasteiger partial charge >= 0.3 is 6.18 Å². The molecular weight excluding hydrogens is 193 g/mol. The molecule has 74 valence electrons. The normalized spacial score (nSPS) is 10.8. The maximum absolute atomic E-state index is 12.1. The molecule has 1 aromatic carbocycles. The van der Waals surface area contributed by atoms with E-state index in [1.165, 1.54) is 18.2 Å². The van der Waals surface area contributed by atoms with E-state index < -0.39 is 11.7 Å². The second-order valence-corrected chi connectivity index (χ2v) is 2.72. The largest absolute Gasteiger partial charge is 0.416 e. The Balaban J connectivity index is 2.83. The van der Waals surface area contributed by atoms with Gasteiger partial charge in [0.05, 0.1) is 5.56 Å². The van der Waals surface area contributed by atoms with Gasteiger partial charge in [-0.1, -0.05) is 12.1 Å². The van der Waals surface area contributed by atoms with E-state index in [0.717, 1.165) is 12.1 Å². The van der Waals surface area contributed by atoms with Gasteiger partial charge in [0.1, 0.15) is 5.94 Å². The van der Waals surface area contributed by atoms with Crippen LogP contribution in [-0.4, -0.2) is 5.94 Å². The highest BCUT2D eigenvalue weighted by Gasteiger charge is 2.29. The van der Waals surface area contributed by atoms with Crippen molar-refractivity contribution in [2.75, 3.05) is 0 Å². The molecule has 0 spiro atoms. The van der Waals surface area contributed by atoms with Crippen LogP contribution in [0.2, 0.25) is 0 Å². The minimum absolute atomic E-state index is 0.307. The van der Waals surface area contributed by atoms with Crippen LogP contribution in [0.1, 0.15) is 11.1 Å². The summed E-state index contributed by atoms with van der Waals surface area (Å²) in [6.07, 6.45) is -2.77. The average Bonchev–Trinajstić information content (AvgIpc) is 2.14. The molecule has 0 aliphatic rings. The summed E-state index contributed by atoms with van der Waals surface area (Å²) in [7, 11) is 0. The van der Waals surface area contributed by atoms with E-state index in [1.54, 1.807) is 5.94 Å². The fourth-order valence-corrected chi connectivity index (χ4v) is 0.989. The van der Waals surface area contributed by atoms with Crippen LogP contribution in [-0.2, 0) is 17.4 Å². The number of carbonyl (C=O) groups excluding carboxylic acids is 1. The van der Waals surface area contributed by atoms with Gasteiger partial charge in [-0.15, -0.1) is 0 Å². The van der Waals surface area contributed by atoms with Crippen molar-refractivity contribution in [2.45, 2.75) is 12.6 Å². The van der Waals surface area contributed by atoms with E-state index in [9.17, 15) is 18.0 Å². The summed E-state index contributed by atoms with van der Waals surface area (Å²) in [6, 6.07) is 4.68. The molecule has 0 unspecified atom stereocenters. The number of benzene rings is 1. The molecule has 1 nitrogen and oxygen atoms in total. The van der Waals surface area contributed by atoms with Crippen molar-refractivity contribution in [1.82, 2.24) is 0 Å². The first kappa shape index (κ1) is 10.5. The monoisotopic (exact) mass is 200 g/mol. The number of alkyl halides is 3. The molecule has 14 heavy (non-hydrogen) atoms. The van der Waals surface area contributed by atoms with Crippen LogP contribution in [0.4, 0.5) is 13.2 Å². The highest BCUT2D eigenvalue weighted by Crippen LogP contribution is 2.29. The molecule has 0 aromatic heterocycles. The fourth-order valence-electron chi connectivity index (χ4n) is 0.989. The topological polar surface area (TPSA) is 17.1 Å². The molecule has 0 fully saturated rings. The zero-order valence-corrected chi connectivity index (χ0v) is 7.14. The van der Waals surface area contributed by atoms with Gasteiger partial charge in [0.25, 0.3) is 0 Å². The standard InChI is InChI=1S/C10H7F3O/c11-10(12,13)9-5-3-8(4-6-9)2-1-7-14/h1,3-6H,2H2. The molecule has 4 heteroatoms. The molecule has 0 aliphatic heterocycles. The maximum atomic E-state index is 12.1. The number of allylic oxidation sites excluding steroid dienone is 1. The van der Waals surface area contributed by atoms with E-state index in [0.29, 0.717) is 12.0 Å². The minimum atomic E-state index is -4.31. The quantitative estimate of drug-likeness (QED) is 0.670. The van der Waals surface area contributed by atoms with Gasteiger partial charge in [0.15, 0.2) is 0 Å². The third kappa shape index (κ3) is 2.75. The lowest BCUT2D eigenvalue weighted by atomic mass is 10.1. The van der Waals surface area contributed by atoms with Crippen molar-refractivity contribution in [2.24, 2.45) is 0 Å². The summed E-state index contributed by atoms with van der Waals surface area (Å²) in [4.78, 5) is 9.84. The van der Waals surface area contributed by atoms with Crippen LogP contribution in [0.3, 0.4) is 0 Å². The molecule has 0 saturated carbocycles. The van der Waals surface area contributed by atoms with Crippen LogP contribution in [0.25, 0.3) is 0 Å². The minimum Gasteiger partial charge on any atom is -0.234 e. The van der Waals surface area contributed by atoms with E-state index >= 15 is 0 Å². The first-order chi connectivity index (χ1) is 6.54. The Kier molecular flexibility index (Phi) is 3.10. The van der Waals surface area contributed by atoms with E-state index in [-0.39, 0.29) is 0 Å². The van der Waals surface area contributed by atoms with Crippen molar-refractivity contribution >= 4 is 5.94 Å². The summed E-state index contributed by atoms with van der Waals surface area (Å²) < 4.78 is 36.3. The predicted octanol–water partition coefficient (Wildman–Crippen LogP) is 2.64. The van der Waals surface area contributed by atoms with Crippen molar-refractivity contribution < 1.29 is 18.0 Å². The maximum Gasteiger partial charge on any atom is 0.416 e. The zero-order valence-electron chi connectivity index (χ0n) is 7.14. The second-order valence-electron chi connectivity index (χ2n) is 2.72. The Morgan fingerprint density at radius 1 is 1.21 bits per heavy atom. The van der Waals surface area contributed by atoms with E-state index in [2.05, 4.69) is 0 Å². The Hall–Kier alpha value is -1.54. The van der Waals surface area contributed by atoms with Crippen LogP contribution >= 0.6 is 0 Å². The van der Waals surface area contributed by atoms with Crippen LogP contribution in [0.5, 0.6) is 0 Å².